The fourth-order valence-electron chi connectivity index (χ4n) is 3.16. The van der Waals surface area contributed by atoms with Gasteiger partial charge < -0.3 is 19.7 Å². The number of halogens is 1. The molecule has 0 aromatic heterocycles. The zero-order valence-corrected chi connectivity index (χ0v) is 14.3. The highest BCUT2D eigenvalue weighted by atomic mass is 19.1. The number of carbonyl (C=O) groups is 1. The maximum atomic E-state index is 13.5. The number of ether oxygens (including phenoxy) is 2. The third kappa shape index (κ3) is 3.68. The van der Waals surface area contributed by atoms with Gasteiger partial charge in [0.2, 0.25) is 0 Å². The van der Waals surface area contributed by atoms with Crippen molar-refractivity contribution in [3.05, 3.63) is 53.8 Å². The van der Waals surface area contributed by atoms with E-state index < -0.39 is 0 Å². The van der Waals surface area contributed by atoms with Crippen molar-refractivity contribution in [3.63, 3.8) is 0 Å². The van der Waals surface area contributed by atoms with Gasteiger partial charge in [0.05, 0.1) is 25.9 Å². The molecular weight excluding hydrogens is 323 g/mol. The summed E-state index contributed by atoms with van der Waals surface area (Å²) >= 11 is 0. The molecule has 1 N–H and O–H groups in total. The van der Waals surface area contributed by atoms with Crippen LogP contribution in [0, 0.1) is 5.82 Å². The molecule has 0 unspecified atom stereocenters. The quantitative estimate of drug-likeness (QED) is 0.904. The minimum absolute atomic E-state index is 0.125. The van der Waals surface area contributed by atoms with Crippen molar-refractivity contribution in [1.29, 1.82) is 0 Å². The first-order chi connectivity index (χ1) is 12.1. The SMILES string of the molecule is COc1ccc(NC(=O)N2CCC[C@H]2c2cccc(F)c2)c(OC)c1. The number of methoxy groups -OCH3 is 2. The first kappa shape index (κ1) is 17.1. The van der Waals surface area contributed by atoms with Gasteiger partial charge in [0.25, 0.3) is 0 Å². The number of hydrogen-bond acceptors (Lipinski definition) is 3. The second kappa shape index (κ2) is 7.42. The van der Waals surface area contributed by atoms with Crippen LogP contribution < -0.4 is 14.8 Å². The number of likely N-dealkylation sites (tertiary alicyclic amines) is 1. The summed E-state index contributed by atoms with van der Waals surface area (Å²) in [5, 5.41) is 2.88. The number of benzene rings is 2. The van der Waals surface area contributed by atoms with Crippen molar-refractivity contribution in [1.82, 2.24) is 4.90 Å². The van der Waals surface area contributed by atoms with Gasteiger partial charge in [-0.1, -0.05) is 12.1 Å². The molecule has 0 bridgehead atoms. The van der Waals surface area contributed by atoms with Gasteiger partial charge in [0.1, 0.15) is 17.3 Å². The summed E-state index contributed by atoms with van der Waals surface area (Å²) in [5.74, 6) is 0.879. The van der Waals surface area contributed by atoms with E-state index >= 15 is 0 Å². The van der Waals surface area contributed by atoms with Crippen LogP contribution in [-0.2, 0) is 0 Å². The summed E-state index contributed by atoms with van der Waals surface area (Å²) in [6.07, 6.45) is 1.70. The molecule has 132 valence electrons. The van der Waals surface area contributed by atoms with Crippen molar-refractivity contribution >= 4 is 11.7 Å². The standard InChI is InChI=1S/C19H21FN2O3/c1-24-15-8-9-16(18(12-15)25-2)21-19(23)22-10-4-7-17(22)13-5-3-6-14(20)11-13/h3,5-6,8-9,11-12,17H,4,7,10H2,1-2H3,(H,21,23)/t17-/m0/s1. The summed E-state index contributed by atoms with van der Waals surface area (Å²) in [5.41, 5.74) is 1.38. The number of hydrogen-bond donors (Lipinski definition) is 1. The molecule has 1 aliphatic heterocycles. The highest BCUT2D eigenvalue weighted by Crippen LogP contribution is 2.34. The summed E-state index contributed by atoms with van der Waals surface area (Å²) in [6.45, 7) is 0.630. The van der Waals surface area contributed by atoms with Crippen molar-refractivity contribution in [2.24, 2.45) is 0 Å². The van der Waals surface area contributed by atoms with Gasteiger partial charge >= 0.3 is 6.03 Å². The van der Waals surface area contributed by atoms with E-state index in [9.17, 15) is 9.18 Å². The minimum atomic E-state index is -0.290. The van der Waals surface area contributed by atoms with Crippen molar-refractivity contribution in [2.45, 2.75) is 18.9 Å². The third-order valence-electron chi connectivity index (χ3n) is 4.40. The lowest BCUT2D eigenvalue weighted by Gasteiger charge is -2.26. The average Bonchev–Trinajstić information content (AvgIpc) is 3.12. The lowest BCUT2D eigenvalue weighted by Crippen LogP contribution is -2.34. The zero-order chi connectivity index (χ0) is 17.8. The van der Waals surface area contributed by atoms with Crippen molar-refractivity contribution in [2.75, 3.05) is 26.1 Å². The molecule has 1 fully saturated rings. The predicted molar refractivity (Wildman–Crippen MR) is 93.6 cm³/mol. The highest BCUT2D eigenvalue weighted by Gasteiger charge is 2.30. The van der Waals surface area contributed by atoms with E-state index in [0.717, 1.165) is 18.4 Å². The van der Waals surface area contributed by atoms with E-state index in [0.29, 0.717) is 23.7 Å². The van der Waals surface area contributed by atoms with E-state index in [2.05, 4.69) is 5.32 Å². The van der Waals surface area contributed by atoms with Crippen LogP contribution in [0.1, 0.15) is 24.4 Å². The van der Waals surface area contributed by atoms with Crippen LogP contribution >= 0.6 is 0 Å². The molecule has 6 heteroatoms. The Morgan fingerprint density at radius 1 is 1.20 bits per heavy atom. The van der Waals surface area contributed by atoms with Crippen LogP contribution in [0.4, 0.5) is 14.9 Å². The topological polar surface area (TPSA) is 50.8 Å². The molecule has 2 aromatic rings. The second-order valence-electron chi connectivity index (χ2n) is 5.90. The molecule has 2 aromatic carbocycles. The fraction of sp³-hybridized carbons (Fsp3) is 0.316. The second-order valence-corrected chi connectivity index (χ2v) is 5.90. The van der Waals surface area contributed by atoms with Crippen LogP contribution in [0.5, 0.6) is 11.5 Å². The average molecular weight is 344 g/mol. The Balaban J connectivity index is 1.78. The largest absolute Gasteiger partial charge is 0.497 e. The molecule has 0 saturated carbocycles. The number of carbonyl (C=O) groups excluding carboxylic acids is 1. The number of urea groups is 1. The monoisotopic (exact) mass is 344 g/mol. The number of nitrogens with one attached hydrogen (secondary N) is 1. The number of rotatable bonds is 4. The molecule has 5 nitrogen and oxygen atoms in total. The molecule has 0 spiro atoms. The summed E-state index contributed by atoms with van der Waals surface area (Å²) < 4.78 is 24.0. The Morgan fingerprint density at radius 3 is 2.76 bits per heavy atom. The van der Waals surface area contributed by atoms with Gasteiger partial charge in [0, 0.05) is 12.6 Å². The molecule has 0 aliphatic carbocycles. The molecule has 3 rings (SSSR count). The predicted octanol–water partition coefficient (Wildman–Crippen LogP) is 4.21. The van der Waals surface area contributed by atoms with E-state index in [1.54, 1.807) is 36.3 Å². The molecule has 25 heavy (non-hydrogen) atoms. The van der Waals surface area contributed by atoms with E-state index in [4.69, 9.17) is 9.47 Å². The summed E-state index contributed by atoms with van der Waals surface area (Å²) in [7, 11) is 3.11. The maximum absolute atomic E-state index is 13.5. The molecule has 2 amide bonds. The first-order valence-electron chi connectivity index (χ1n) is 8.17. The molecular formula is C19H21FN2O3. The van der Waals surface area contributed by atoms with Crippen LogP contribution in [0.2, 0.25) is 0 Å². The number of amides is 2. The molecule has 1 aliphatic rings. The Bertz CT molecular complexity index is 766. The lowest BCUT2D eigenvalue weighted by atomic mass is 10.0. The van der Waals surface area contributed by atoms with Gasteiger partial charge in [-0.05, 0) is 42.7 Å². The Hall–Kier alpha value is -2.76. The summed E-state index contributed by atoms with van der Waals surface area (Å²) in [6, 6.07) is 11.3. The van der Waals surface area contributed by atoms with Crippen LogP contribution in [0.25, 0.3) is 0 Å². The highest BCUT2D eigenvalue weighted by molar-refractivity contribution is 5.91. The lowest BCUT2D eigenvalue weighted by molar-refractivity contribution is 0.207. The minimum Gasteiger partial charge on any atom is -0.497 e. The molecule has 1 heterocycles. The third-order valence-corrected chi connectivity index (χ3v) is 4.40. The van der Waals surface area contributed by atoms with Gasteiger partial charge in [-0.25, -0.2) is 9.18 Å². The van der Waals surface area contributed by atoms with Gasteiger partial charge in [-0.15, -0.1) is 0 Å². The van der Waals surface area contributed by atoms with Crippen LogP contribution in [-0.4, -0.2) is 31.7 Å². The molecule has 1 atom stereocenters. The van der Waals surface area contributed by atoms with E-state index in [1.807, 2.05) is 6.07 Å². The van der Waals surface area contributed by atoms with Gasteiger partial charge in [-0.3, -0.25) is 0 Å². The normalized spacial score (nSPS) is 16.6. The maximum Gasteiger partial charge on any atom is 0.322 e. The number of anilines is 1. The smallest absolute Gasteiger partial charge is 0.322 e. The first-order valence-corrected chi connectivity index (χ1v) is 8.17. The van der Waals surface area contributed by atoms with Gasteiger partial charge in [-0.2, -0.15) is 0 Å². The van der Waals surface area contributed by atoms with E-state index in [-0.39, 0.29) is 17.9 Å². The Kier molecular flexibility index (Phi) is 5.07. The Labute approximate surface area is 146 Å². The Morgan fingerprint density at radius 2 is 2.04 bits per heavy atom. The van der Waals surface area contributed by atoms with Crippen LogP contribution in [0.3, 0.4) is 0 Å². The van der Waals surface area contributed by atoms with Crippen LogP contribution in [0.15, 0.2) is 42.5 Å². The molecule has 1 saturated heterocycles. The summed E-state index contributed by atoms with van der Waals surface area (Å²) in [4.78, 5) is 14.5. The van der Waals surface area contributed by atoms with Gasteiger partial charge in [0.15, 0.2) is 0 Å². The fourth-order valence-corrected chi connectivity index (χ4v) is 3.16. The molecule has 0 radical (unpaired) electrons. The van der Waals surface area contributed by atoms with Crippen molar-refractivity contribution < 1.29 is 18.7 Å². The van der Waals surface area contributed by atoms with Crippen molar-refractivity contribution in [3.8, 4) is 11.5 Å². The van der Waals surface area contributed by atoms with E-state index in [1.165, 1.54) is 19.2 Å². The zero-order valence-electron chi connectivity index (χ0n) is 14.3. The number of nitrogens with zero attached hydrogens (tertiary/aromatic N) is 1.